The Bertz CT molecular complexity index is 518. The predicted molar refractivity (Wildman–Crippen MR) is 84.7 cm³/mol. The Labute approximate surface area is 125 Å². The molecule has 110 valence electrons. The topological polar surface area (TPSA) is 44.4 Å². The van der Waals surface area contributed by atoms with Gasteiger partial charge in [0.25, 0.3) is 0 Å². The van der Waals surface area contributed by atoms with Crippen molar-refractivity contribution in [3.63, 3.8) is 0 Å². The Morgan fingerprint density at radius 2 is 2.15 bits per heavy atom. The summed E-state index contributed by atoms with van der Waals surface area (Å²) in [7, 11) is 1.78. The van der Waals surface area contributed by atoms with Crippen LogP contribution in [0, 0.1) is 0 Å². The molecule has 0 radical (unpaired) electrons. The lowest BCUT2D eigenvalue weighted by molar-refractivity contribution is -0.117. The van der Waals surface area contributed by atoms with Crippen molar-refractivity contribution in [2.45, 2.75) is 39.3 Å². The molecule has 1 aromatic carbocycles. The minimum Gasteiger partial charge on any atom is -0.368 e. The van der Waals surface area contributed by atoms with E-state index in [0.717, 1.165) is 29.9 Å². The molecule has 2 rings (SSSR count). The molecule has 0 aliphatic carbocycles. The molecule has 1 aromatic rings. The van der Waals surface area contributed by atoms with Gasteiger partial charge >= 0.3 is 0 Å². The average Bonchev–Trinajstić information content (AvgIpc) is 2.74. The van der Waals surface area contributed by atoms with Crippen LogP contribution in [0.1, 0.15) is 38.8 Å². The fourth-order valence-corrected chi connectivity index (χ4v) is 3.00. The summed E-state index contributed by atoms with van der Waals surface area (Å²) in [6, 6.07) is 3.99. The molecular weight excluding hydrogens is 274 g/mol. The number of rotatable bonds is 5. The molecule has 2 N–H and O–H groups in total. The minimum atomic E-state index is -0.310. The first-order valence-corrected chi connectivity index (χ1v) is 7.49. The number of hydrogen-bond acceptors (Lipinski definition) is 3. The number of carbonyl (C=O) groups is 1. The molecule has 2 unspecified atom stereocenters. The van der Waals surface area contributed by atoms with E-state index in [-0.39, 0.29) is 11.9 Å². The molecule has 0 bridgehead atoms. The number of nitrogens with one attached hydrogen (secondary N) is 2. The van der Waals surface area contributed by atoms with Crippen LogP contribution in [0.2, 0.25) is 5.02 Å². The molecule has 2 atom stereocenters. The normalized spacial score (nSPS) is 18.6. The van der Waals surface area contributed by atoms with E-state index in [1.54, 1.807) is 7.05 Å². The third kappa shape index (κ3) is 2.50. The number of carbonyl (C=O) groups excluding carboxylic acids is 1. The maximum atomic E-state index is 11.9. The Morgan fingerprint density at radius 3 is 2.70 bits per heavy atom. The first-order chi connectivity index (χ1) is 9.53. The largest absolute Gasteiger partial charge is 0.368 e. The molecule has 0 fully saturated rings. The number of likely N-dealkylation sites (N-methyl/N-ethyl adjacent to an activating group) is 1. The second-order valence-electron chi connectivity index (χ2n) is 5.15. The third-order valence-electron chi connectivity index (χ3n) is 4.01. The van der Waals surface area contributed by atoms with Crippen molar-refractivity contribution in [3.05, 3.63) is 22.7 Å². The highest BCUT2D eigenvalue weighted by Gasteiger charge is 2.31. The molecule has 20 heavy (non-hydrogen) atoms. The van der Waals surface area contributed by atoms with Crippen molar-refractivity contribution in [2.24, 2.45) is 0 Å². The van der Waals surface area contributed by atoms with Gasteiger partial charge in [-0.3, -0.25) is 4.79 Å². The van der Waals surface area contributed by atoms with Gasteiger partial charge in [-0.15, -0.1) is 0 Å². The van der Waals surface area contributed by atoms with Crippen LogP contribution in [0.3, 0.4) is 0 Å². The highest BCUT2D eigenvalue weighted by molar-refractivity contribution is 6.33. The molecule has 1 heterocycles. The zero-order valence-electron chi connectivity index (χ0n) is 12.5. The van der Waals surface area contributed by atoms with Gasteiger partial charge in [-0.2, -0.15) is 0 Å². The van der Waals surface area contributed by atoms with E-state index in [1.807, 2.05) is 12.1 Å². The summed E-state index contributed by atoms with van der Waals surface area (Å²) in [6.45, 7) is 7.34. The van der Waals surface area contributed by atoms with Crippen LogP contribution in [0.5, 0.6) is 0 Å². The second-order valence-corrected chi connectivity index (χ2v) is 5.55. The Morgan fingerprint density at radius 1 is 1.45 bits per heavy atom. The summed E-state index contributed by atoms with van der Waals surface area (Å²) < 4.78 is 0. The van der Waals surface area contributed by atoms with E-state index in [1.165, 1.54) is 0 Å². The average molecular weight is 296 g/mol. The monoisotopic (exact) mass is 295 g/mol. The summed E-state index contributed by atoms with van der Waals surface area (Å²) in [4.78, 5) is 14.1. The predicted octanol–water partition coefficient (Wildman–Crippen LogP) is 3.18. The number of anilines is 2. The number of halogens is 1. The lowest BCUT2D eigenvalue weighted by atomic mass is 10.1. The van der Waals surface area contributed by atoms with Crippen LogP contribution in [0.15, 0.2) is 12.1 Å². The number of fused-ring (bicyclic) bond motifs is 1. The lowest BCUT2D eigenvalue weighted by Gasteiger charge is -2.30. The third-order valence-corrected chi connectivity index (χ3v) is 4.31. The quantitative estimate of drug-likeness (QED) is 0.877. The summed E-state index contributed by atoms with van der Waals surface area (Å²) in [6.07, 6.45) is 1.05. The van der Waals surface area contributed by atoms with Crippen molar-refractivity contribution in [2.75, 3.05) is 23.8 Å². The Balaban J connectivity index is 2.44. The number of hydrogen-bond donors (Lipinski definition) is 2. The minimum absolute atomic E-state index is 0.0256. The molecule has 1 amide bonds. The zero-order chi connectivity index (χ0) is 14.9. The molecule has 4 nitrogen and oxygen atoms in total. The van der Waals surface area contributed by atoms with Crippen molar-refractivity contribution in [3.8, 4) is 0 Å². The number of nitrogens with zero attached hydrogens (tertiary/aromatic N) is 1. The fourth-order valence-electron chi connectivity index (χ4n) is 2.72. The zero-order valence-corrected chi connectivity index (χ0v) is 13.2. The Hall–Kier alpha value is -1.26. The van der Waals surface area contributed by atoms with Crippen LogP contribution in [0.25, 0.3) is 0 Å². The smallest absolute Gasteiger partial charge is 0.246 e. The van der Waals surface area contributed by atoms with Crippen molar-refractivity contribution < 1.29 is 4.79 Å². The molecule has 0 saturated carbocycles. The van der Waals surface area contributed by atoms with Gasteiger partial charge in [0.1, 0.15) is 6.04 Å². The van der Waals surface area contributed by atoms with Crippen molar-refractivity contribution in [1.82, 2.24) is 5.32 Å². The van der Waals surface area contributed by atoms with Gasteiger partial charge in [0.05, 0.1) is 10.7 Å². The summed E-state index contributed by atoms with van der Waals surface area (Å²) in [5.41, 5.74) is 2.77. The molecule has 0 saturated heterocycles. The maximum absolute atomic E-state index is 11.9. The second kappa shape index (κ2) is 6.02. The van der Waals surface area contributed by atoms with E-state index < -0.39 is 0 Å². The van der Waals surface area contributed by atoms with Gasteiger partial charge < -0.3 is 15.5 Å². The fraction of sp³-hybridized carbons (Fsp3) is 0.533. The van der Waals surface area contributed by atoms with Crippen molar-refractivity contribution in [1.29, 1.82) is 0 Å². The van der Waals surface area contributed by atoms with Crippen LogP contribution in [-0.2, 0) is 4.79 Å². The number of amides is 1. The number of benzene rings is 1. The summed E-state index contributed by atoms with van der Waals surface area (Å²) >= 11 is 6.44. The SMILES string of the molecule is CCC(C)N(CC)c1cc2c(cc1Cl)C(NC)C(=O)N2. The molecule has 5 heteroatoms. The molecule has 1 aliphatic heterocycles. The highest BCUT2D eigenvalue weighted by Crippen LogP contribution is 2.39. The summed E-state index contributed by atoms with van der Waals surface area (Å²) in [5, 5.41) is 6.62. The van der Waals surface area contributed by atoms with E-state index in [4.69, 9.17) is 11.6 Å². The van der Waals surface area contributed by atoms with Crippen LogP contribution >= 0.6 is 11.6 Å². The molecular formula is C15H22ClN3O. The van der Waals surface area contributed by atoms with E-state index in [0.29, 0.717) is 11.1 Å². The molecule has 0 spiro atoms. The van der Waals surface area contributed by atoms with Gasteiger partial charge in [0, 0.05) is 23.8 Å². The summed E-state index contributed by atoms with van der Waals surface area (Å²) in [5.74, 6) is -0.0256. The van der Waals surface area contributed by atoms with E-state index >= 15 is 0 Å². The van der Waals surface area contributed by atoms with Crippen LogP contribution < -0.4 is 15.5 Å². The van der Waals surface area contributed by atoms with Crippen molar-refractivity contribution >= 4 is 28.9 Å². The van der Waals surface area contributed by atoms with E-state index in [9.17, 15) is 4.79 Å². The standard InChI is InChI=1S/C15H22ClN3O/c1-5-9(3)19(6-2)13-8-12-10(7-11(13)16)14(17-4)15(20)18-12/h7-9,14,17H,5-6H2,1-4H3,(H,18,20). The van der Waals surface area contributed by atoms with E-state index in [2.05, 4.69) is 36.3 Å². The van der Waals surface area contributed by atoms with Gasteiger partial charge in [-0.05, 0) is 39.4 Å². The lowest BCUT2D eigenvalue weighted by Crippen LogP contribution is -2.32. The molecule has 1 aliphatic rings. The van der Waals surface area contributed by atoms with Gasteiger partial charge in [-0.25, -0.2) is 0 Å². The van der Waals surface area contributed by atoms with Crippen LogP contribution in [-0.4, -0.2) is 25.5 Å². The molecule has 0 aromatic heterocycles. The highest BCUT2D eigenvalue weighted by atomic mass is 35.5. The van der Waals surface area contributed by atoms with Gasteiger partial charge in [0.15, 0.2) is 0 Å². The van der Waals surface area contributed by atoms with Gasteiger partial charge in [-0.1, -0.05) is 18.5 Å². The Kier molecular flexibility index (Phi) is 4.55. The maximum Gasteiger partial charge on any atom is 0.246 e. The first kappa shape index (κ1) is 15.1. The van der Waals surface area contributed by atoms with Crippen LogP contribution in [0.4, 0.5) is 11.4 Å². The van der Waals surface area contributed by atoms with Gasteiger partial charge in [0.2, 0.25) is 5.91 Å². The first-order valence-electron chi connectivity index (χ1n) is 7.11.